The summed E-state index contributed by atoms with van der Waals surface area (Å²) in [5.74, 6) is 0.535. The molecular weight excluding hydrogens is 452 g/mol. The summed E-state index contributed by atoms with van der Waals surface area (Å²) >= 11 is 0. The van der Waals surface area contributed by atoms with Crippen molar-refractivity contribution in [3.63, 3.8) is 0 Å². The van der Waals surface area contributed by atoms with Gasteiger partial charge in [-0.05, 0) is 18.2 Å². The summed E-state index contributed by atoms with van der Waals surface area (Å²) in [6, 6.07) is 8.57. The number of hydrogen-bond donors (Lipinski definition) is 5. The van der Waals surface area contributed by atoms with E-state index in [1.54, 1.807) is 6.07 Å². The molecular formula is C23H24O11. The highest BCUT2D eigenvalue weighted by molar-refractivity contribution is 5.86. The van der Waals surface area contributed by atoms with Crippen LogP contribution in [-0.2, 0) is 4.74 Å². The largest absolute Gasteiger partial charge is 0.507 e. The van der Waals surface area contributed by atoms with Gasteiger partial charge in [0.05, 0.1) is 20.8 Å². The number of phenols is 1. The second kappa shape index (κ2) is 9.49. The van der Waals surface area contributed by atoms with Gasteiger partial charge >= 0.3 is 0 Å². The number of aliphatic hydroxyl groups is 4. The molecule has 1 fully saturated rings. The highest BCUT2D eigenvalue weighted by atomic mass is 16.7. The number of methoxy groups -OCH3 is 2. The van der Waals surface area contributed by atoms with Crippen molar-refractivity contribution < 1.29 is 48.9 Å². The van der Waals surface area contributed by atoms with Crippen LogP contribution in [0.25, 0.3) is 22.3 Å². The van der Waals surface area contributed by atoms with Crippen molar-refractivity contribution in [3.05, 3.63) is 46.6 Å². The fourth-order valence-corrected chi connectivity index (χ4v) is 3.71. The Morgan fingerprint density at radius 1 is 0.941 bits per heavy atom. The zero-order valence-electron chi connectivity index (χ0n) is 18.2. The van der Waals surface area contributed by atoms with Crippen LogP contribution >= 0.6 is 0 Å². The van der Waals surface area contributed by atoms with E-state index in [-0.39, 0.29) is 34.0 Å². The van der Waals surface area contributed by atoms with Crippen molar-refractivity contribution in [3.8, 4) is 34.3 Å². The number of aromatic hydroxyl groups is 1. The average Bonchev–Trinajstić information content (AvgIpc) is 2.83. The number of fused-ring (bicyclic) bond motifs is 1. The summed E-state index contributed by atoms with van der Waals surface area (Å²) in [5, 5.41) is 49.6. The molecule has 11 nitrogen and oxygen atoms in total. The van der Waals surface area contributed by atoms with Gasteiger partial charge in [-0.2, -0.15) is 0 Å². The number of hydrogen-bond acceptors (Lipinski definition) is 11. The third kappa shape index (κ3) is 4.27. The van der Waals surface area contributed by atoms with Crippen LogP contribution in [0.2, 0.25) is 0 Å². The summed E-state index contributed by atoms with van der Waals surface area (Å²) in [6.07, 6.45) is -7.24. The lowest BCUT2D eigenvalue weighted by atomic mass is 9.99. The Hall–Kier alpha value is -3.35. The van der Waals surface area contributed by atoms with Gasteiger partial charge in [-0.25, -0.2) is 0 Å². The first-order chi connectivity index (χ1) is 16.3. The van der Waals surface area contributed by atoms with Gasteiger partial charge in [0.15, 0.2) is 16.9 Å². The van der Waals surface area contributed by atoms with Gasteiger partial charge in [-0.3, -0.25) is 4.79 Å². The van der Waals surface area contributed by atoms with Crippen molar-refractivity contribution in [2.75, 3.05) is 20.8 Å². The van der Waals surface area contributed by atoms with Crippen LogP contribution in [0, 0.1) is 0 Å². The van der Waals surface area contributed by atoms with E-state index in [4.69, 9.17) is 23.4 Å². The zero-order chi connectivity index (χ0) is 24.6. The number of rotatable bonds is 6. The predicted octanol–water partition coefficient (Wildman–Crippen LogP) is 0.361. The van der Waals surface area contributed by atoms with Gasteiger partial charge in [0, 0.05) is 23.8 Å². The normalized spacial score (nSPS) is 24.7. The zero-order valence-corrected chi connectivity index (χ0v) is 18.2. The Balaban J connectivity index is 1.68. The van der Waals surface area contributed by atoms with Crippen LogP contribution in [0.5, 0.6) is 23.0 Å². The smallest absolute Gasteiger partial charge is 0.229 e. The molecule has 1 aliphatic heterocycles. The highest BCUT2D eigenvalue weighted by Crippen LogP contribution is 2.36. The van der Waals surface area contributed by atoms with E-state index in [1.807, 2.05) is 0 Å². The molecule has 34 heavy (non-hydrogen) atoms. The Morgan fingerprint density at radius 2 is 1.71 bits per heavy atom. The van der Waals surface area contributed by atoms with E-state index in [0.29, 0.717) is 11.3 Å². The number of phenolic OH excluding ortho intramolecular Hbond substituents is 1. The summed E-state index contributed by atoms with van der Waals surface area (Å²) in [7, 11) is 2.79. The van der Waals surface area contributed by atoms with Crippen LogP contribution < -0.4 is 19.6 Å². The topological polar surface area (TPSA) is 168 Å². The summed E-state index contributed by atoms with van der Waals surface area (Å²) in [5.41, 5.74) is 0.108. The van der Waals surface area contributed by atoms with Gasteiger partial charge in [0.2, 0.25) is 6.29 Å². The van der Waals surface area contributed by atoms with Crippen molar-refractivity contribution in [2.45, 2.75) is 30.7 Å². The lowest BCUT2D eigenvalue weighted by Gasteiger charge is -2.39. The SMILES string of the molecule is COc1cc(O)c2c(=O)cc(-c3ccc(O[C@@H]4O[C@H](CO)[C@@H](O)[C@H](O)[C@H]4O)c(OC)c3)oc2c1. The molecule has 1 saturated heterocycles. The van der Waals surface area contributed by atoms with Crippen molar-refractivity contribution >= 4 is 11.0 Å². The third-order valence-corrected chi connectivity index (χ3v) is 5.56. The molecule has 1 aromatic heterocycles. The number of aliphatic hydroxyl groups excluding tert-OH is 4. The Labute approximate surface area is 192 Å². The molecule has 0 spiro atoms. The van der Waals surface area contributed by atoms with E-state index >= 15 is 0 Å². The van der Waals surface area contributed by atoms with Crippen LogP contribution in [0.1, 0.15) is 0 Å². The molecule has 5 atom stereocenters. The molecule has 0 unspecified atom stereocenters. The summed E-state index contributed by atoms with van der Waals surface area (Å²) < 4.78 is 27.3. The molecule has 0 aliphatic carbocycles. The summed E-state index contributed by atoms with van der Waals surface area (Å²) in [4.78, 5) is 12.6. The number of ether oxygens (including phenoxy) is 4. The molecule has 3 aromatic rings. The van der Waals surface area contributed by atoms with Gasteiger partial charge in [-0.15, -0.1) is 0 Å². The first kappa shape index (κ1) is 23.8. The first-order valence-electron chi connectivity index (χ1n) is 10.3. The van der Waals surface area contributed by atoms with Gasteiger partial charge in [0.25, 0.3) is 0 Å². The van der Waals surface area contributed by atoms with Gasteiger partial charge in [0.1, 0.15) is 52.6 Å². The second-order valence-corrected chi connectivity index (χ2v) is 7.68. The monoisotopic (exact) mass is 476 g/mol. The van der Waals surface area contributed by atoms with Crippen LogP contribution in [0.15, 0.2) is 45.6 Å². The molecule has 0 amide bonds. The molecule has 2 heterocycles. The Kier molecular flexibility index (Phi) is 6.64. The van der Waals surface area contributed by atoms with Crippen molar-refractivity contribution in [1.82, 2.24) is 0 Å². The molecule has 0 bridgehead atoms. The minimum Gasteiger partial charge on any atom is -0.507 e. The van der Waals surface area contributed by atoms with E-state index in [2.05, 4.69) is 0 Å². The Morgan fingerprint density at radius 3 is 2.38 bits per heavy atom. The molecule has 11 heteroatoms. The molecule has 4 rings (SSSR count). The molecule has 5 N–H and O–H groups in total. The molecule has 182 valence electrons. The van der Waals surface area contributed by atoms with Crippen LogP contribution in [0.4, 0.5) is 0 Å². The highest BCUT2D eigenvalue weighted by Gasteiger charge is 2.45. The maximum absolute atomic E-state index is 12.6. The first-order valence-corrected chi connectivity index (χ1v) is 10.3. The maximum atomic E-state index is 12.6. The van der Waals surface area contributed by atoms with E-state index in [1.165, 1.54) is 44.6 Å². The average molecular weight is 476 g/mol. The van der Waals surface area contributed by atoms with E-state index in [0.717, 1.165) is 0 Å². The minimum absolute atomic E-state index is 0.0130. The second-order valence-electron chi connectivity index (χ2n) is 7.68. The van der Waals surface area contributed by atoms with Crippen molar-refractivity contribution in [1.29, 1.82) is 0 Å². The van der Waals surface area contributed by atoms with Crippen LogP contribution in [-0.4, -0.2) is 77.1 Å². The maximum Gasteiger partial charge on any atom is 0.229 e. The van der Waals surface area contributed by atoms with Gasteiger partial charge < -0.3 is 48.9 Å². The lowest BCUT2D eigenvalue weighted by Crippen LogP contribution is -2.60. The van der Waals surface area contributed by atoms with Crippen LogP contribution in [0.3, 0.4) is 0 Å². The number of benzene rings is 2. The van der Waals surface area contributed by atoms with E-state index in [9.17, 15) is 30.3 Å². The van der Waals surface area contributed by atoms with Crippen molar-refractivity contribution in [2.24, 2.45) is 0 Å². The molecule has 1 aliphatic rings. The molecule has 2 aromatic carbocycles. The molecule has 0 saturated carbocycles. The lowest BCUT2D eigenvalue weighted by molar-refractivity contribution is -0.277. The van der Waals surface area contributed by atoms with E-state index < -0.39 is 42.7 Å². The minimum atomic E-state index is -1.60. The Bertz CT molecular complexity index is 1240. The fourth-order valence-electron chi connectivity index (χ4n) is 3.71. The fraction of sp³-hybridized carbons (Fsp3) is 0.348. The molecule has 0 radical (unpaired) electrons. The standard InChI is InChI=1S/C23H24O11/c1-30-11-6-12(25)19-13(26)8-15(32-17(19)7-11)10-3-4-14(16(5-10)31-2)33-23-22(29)21(28)20(27)18(9-24)34-23/h3-8,18,20-25,27-29H,9H2,1-2H3/t18-,20-,21+,22-,23-/m1/s1. The predicted molar refractivity (Wildman–Crippen MR) is 117 cm³/mol. The third-order valence-electron chi connectivity index (χ3n) is 5.56. The summed E-state index contributed by atoms with van der Waals surface area (Å²) in [6.45, 7) is -0.595. The quantitative estimate of drug-likeness (QED) is 0.333. The van der Waals surface area contributed by atoms with Gasteiger partial charge in [-0.1, -0.05) is 0 Å².